The number of carbonyl (C=O) groups is 4. The Kier molecular flexibility index (Phi) is 5.20. The predicted octanol–water partition coefficient (Wildman–Crippen LogP) is -1.31. The predicted molar refractivity (Wildman–Crippen MR) is 68.3 cm³/mol. The van der Waals surface area contributed by atoms with Gasteiger partial charge in [-0.05, 0) is 12.3 Å². The zero-order chi connectivity index (χ0) is 15.4. The van der Waals surface area contributed by atoms with Crippen molar-refractivity contribution < 1.29 is 24.3 Å². The Hall–Kier alpha value is -1.96. The maximum atomic E-state index is 12.0. The number of nitrogens with zero attached hydrogens (tertiary/aromatic N) is 1. The second kappa shape index (κ2) is 6.47. The summed E-state index contributed by atoms with van der Waals surface area (Å²) in [5, 5.41) is 11.2. The van der Waals surface area contributed by atoms with Gasteiger partial charge in [0.1, 0.15) is 12.6 Å². The monoisotopic (exact) mass is 285 g/mol. The summed E-state index contributed by atoms with van der Waals surface area (Å²) in [7, 11) is 0. The summed E-state index contributed by atoms with van der Waals surface area (Å²) in [6.45, 7) is 2.85. The van der Waals surface area contributed by atoms with Crippen molar-refractivity contribution >= 4 is 23.7 Å². The van der Waals surface area contributed by atoms with Gasteiger partial charge >= 0.3 is 5.97 Å². The van der Waals surface area contributed by atoms with E-state index < -0.39 is 42.3 Å². The quantitative estimate of drug-likeness (QED) is 0.538. The van der Waals surface area contributed by atoms with Gasteiger partial charge in [-0.1, -0.05) is 13.8 Å². The second-order valence-corrected chi connectivity index (χ2v) is 5.08. The lowest BCUT2D eigenvalue weighted by atomic mass is 10.0. The van der Waals surface area contributed by atoms with Gasteiger partial charge in [-0.3, -0.25) is 24.1 Å². The summed E-state index contributed by atoms with van der Waals surface area (Å²) in [5.41, 5.74) is 5.67. The van der Waals surface area contributed by atoms with E-state index in [9.17, 15) is 19.2 Å². The van der Waals surface area contributed by atoms with E-state index in [2.05, 4.69) is 5.32 Å². The summed E-state index contributed by atoms with van der Waals surface area (Å²) in [4.78, 5) is 46.6. The fourth-order valence-corrected chi connectivity index (χ4v) is 1.84. The molecular formula is C12H19N3O5. The molecule has 1 aliphatic rings. The van der Waals surface area contributed by atoms with Gasteiger partial charge in [0.05, 0.1) is 6.04 Å². The fourth-order valence-electron chi connectivity index (χ4n) is 1.84. The molecule has 0 saturated carbocycles. The highest BCUT2D eigenvalue weighted by molar-refractivity contribution is 6.03. The zero-order valence-corrected chi connectivity index (χ0v) is 11.5. The molecule has 0 radical (unpaired) electrons. The fraction of sp³-hybridized carbons (Fsp3) is 0.667. The first-order valence-electron chi connectivity index (χ1n) is 6.36. The molecular weight excluding hydrogens is 266 g/mol. The third-order valence-corrected chi connectivity index (χ3v) is 3.14. The molecule has 20 heavy (non-hydrogen) atoms. The number of aliphatic carboxylic acids is 1. The molecule has 0 spiro atoms. The van der Waals surface area contributed by atoms with Gasteiger partial charge in [0, 0.05) is 6.42 Å². The van der Waals surface area contributed by atoms with Crippen molar-refractivity contribution in [2.75, 3.05) is 6.54 Å². The van der Waals surface area contributed by atoms with E-state index in [0.29, 0.717) is 4.90 Å². The molecule has 8 heteroatoms. The molecule has 1 saturated heterocycles. The number of carboxylic acid groups (broad SMARTS) is 1. The maximum absolute atomic E-state index is 12.0. The van der Waals surface area contributed by atoms with Crippen LogP contribution in [0.3, 0.4) is 0 Å². The lowest BCUT2D eigenvalue weighted by Crippen LogP contribution is -2.58. The first kappa shape index (κ1) is 16.1. The number of likely N-dealkylation sites (tertiary alicyclic amines) is 1. The van der Waals surface area contributed by atoms with Gasteiger partial charge in [0.25, 0.3) is 5.91 Å². The average molecular weight is 285 g/mol. The molecule has 1 rings (SSSR count). The summed E-state index contributed by atoms with van der Waals surface area (Å²) in [6, 6.07) is -1.65. The van der Waals surface area contributed by atoms with Crippen LogP contribution >= 0.6 is 0 Å². The minimum atomic E-state index is -1.28. The summed E-state index contributed by atoms with van der Waals surface area (Å²) in [5.74, 6) is -3.10. The minimum Gasteiger partial charge on any atom is -0.480 e. The van der Waals surface area contributed by atoms with E-state index in [0.717, 1.165) is 0 Å². The standard InChI is InChI=1S/C12H19N3O5/c1-6(2)10(13)11(19)14-7-3-4-8(16)15(12(7)20)5-9(17)18/h6-7,10H,3-5,13H2,1-2H3,(H,14,19)(H,17,18)/t7-,10-/m0/s1. The molecule has 0 aliphatic carbocycles. The molecule has 0 unspecified atom stereocenters. The molecule has 2 atom stereocenters. The number of hydrogen-bond acceptors (Lipinski definition) is 5. The van der Waals surface area contributed by atoms with Gasteiger partial charge in [0.15, 0.2) is 0 Å². The zero-order valence-electron chi connectivity index (χ0n) is 11.5. The van der Waals surface area contributed by atoms with Crippen molar-refractivity contribution in [3.05, 3.63) is 0 Å². The molecule has 3 amide bonds. The van der Waals surface area contributed by atoms with E-state index in [1.165, 1.54) is 0 Å². The lowest BCUT2D eigenvalue weighted by molar-refractivity contribution is -0.156. The van der Waals surface area contributed by atoms with Crippen LogP contribution in [0.1, 0.15) is 26.7 Å². The molecule has 0 aromatic carbocycles. The van der Waals surface area contributed by atoms with Crippen molar-refractivity contribution in [1.82, 2.24) is 10.2 Å². The second-order valence-electron chi connectivity index (χ2n) is 5.08. The summed E-state index contributed by atoms with van der Waals surface area (Å²) < 4.78 is 0. The Balaban J connectivity index is 2.72. The third-order valence-electron chi connectivity index (χ3n) is 3.14. The maximum Gasteiger partial charge on any atom is 0.323 e. The largest absolute Gasteiger partial charge is 0.480 e. The van der Waals surface area contributed by atoms with E-state index in [-0.39, 0.29) is 18.8 Å². The number of piperidine rings is 1. The molecule has 0 aromatic heterocycles. The third kappa shape index (κ3) is 3.77. The van der Waals surface area contributed by atoms with Crippen LogP contribution in [-0.4, -0.2) is 52.3 Å². The van der Waals surface area contributed by atoms with Crippen LogP contribution in [0.15, 0.2) is 0 Å². The van der Waals surface area contributed by atoms with Gasteiger partial charge in [-0.2, -0.15) is 0 Å². The van der Waals surface area contributed by atoms with Crippen molar-refractivity contribution in [1.29, 1.82) is 0 Å². The van der Waals surface area contributed by atoms with Crippen molar-refractivity contribution in [3.8, 4) is 0 Å². The molecule has 4 N–H and O–H groups in total. The number of carboxylic acids is 1. The lowest BCUT2D eigenvalue weighted by Gasteiger charge is -2.30. The van der Waals surface area contributed by atoms with Gasteiger partial charge in [-0.15, -0.1) is 0 Å². The van der Waals surface area contributed by atoms with Crippen LogP contribution in [0.4, 0.5) is 0 Å². The topological polar surface area (TPSA) is 130 Å². The molecule has 1 heterocycles. The van der Waals surface area contributed by atoms with Gasteiger partial charge in [0.2, 0.25) is 11.8 Å². The molecule has 0 aromatic rings. The van der Waals surface area contributed by atoms with Crippen molar-refractivity contribution in [2.45, 2.75) is 38.8 Å². The van der Waals surface area contributed by atoms with Crippen LogP contribution in [0.25, 0.3) is 0 Å². The number of rotatable bonds is 5. The average Bonchev–Trinajstić information content (AvgIpc) is 2.36. The number of imide groups is 1. The first-order chi connectivity index (χ1) is 9.23. The normalized spacial score (nSPS) is 21.0. The van der Waals surface area contributed by atoms with E-state index in [1.807, 2.05) is 0 Å². The Morgan fingerprint density at radius 1 is 1.45 bits per heavy atom. The Morgan fingerprint density at radius 2 is 2.05 bits per heavy atom. The number of nitrogens with two attached hydrogens (primary N) is 1. The SMILES string of the molecule is CC(C)[C@H](N)C(=O)N[C@H]1CCC(=O)N(CC(=O)O)C1=O. The highest BCUT2D eigenvalue weighted by atomic mass is 16.4. The van der Waals surface area contributed by atoms with Gasteiger partial charge in [-0.25, -0.2) is 0 Å². The van der Waals surface area contributed by atoms with Crippen LogP contribution in [0.5, 0.6) is 0 Å². The number of nitrogens with one attached hydrogen (secondary N) is 1. The molecule has 112 valence electrons. The minimum absolute atomic E-state index is 0.0148. The smallest absolute Gasteiger partial charge is 0.323 e. The molecule has 0 bridgehead atoms. The number of amides is 3. The van der Waals surface area contributed by atoms with Crippen LogP contribution < -0.4 is 11.1 Å². The Morgan fingerprint density at radius 3 is 2.55 bits per heavy atom. The van der Waals surface area contributed by atoms with Gasteiger partial charge < -0.3 is 16.2 Å². The molecule has 1 aliphatic heterocycles. The highest BCUT2D eigenvalue weighted by Gasteiger charge is 2.36. The number of hydrogen-bond donors (Lipinski definition) is 3. The van der Waals surface area contributed by atoms with Crippen LogP contribution in [0, 0.1) is 5.92 Å². The summed E-state index contributed by atoms with van der Waals surface area (Å²) in [6.07, 6.45) is 0.172. The highest BCUT2D eigenvalue weighted by Crippen LogP contribution is 2.13. The molecule has 8 nitrogen and oxygen atoms in total. The first-order valence-corrected chi connectivity index (χ1v) is 6.36. The van der Waals surface area contributed by atoms with Crippen LogP contribution in [0.2, 0.25) is 0 Å². The van der Waals surface area contributed by atoms with E-state index in [4.69, 9.17) is 10.8 Å². The Labute approximate surface area is 116 Å². The van der Waals surface area contributed by atoms with Crippen molar-refractivity contribution in [2.24, 2.45) is 11.7 Å². The van der Waals surface area contributed by atoms with E-state index >= 15 is 0 Å². The van der Waals surface area contributed by atoms with Crippen LogP contribution in [-0.2, 0) is 19.2 Å². The Bertz CT molecular complexity index is 435. The van der Waals surface area contributed by atoms with E-state index in [1.54, 1.807) is 13.8 Å². The van der Waals surface area contributed by atoms with Crippen molar-refractivity contribution in [3.63, 3.8) is 0 Å². The number of carbonyl (C=O) groups excluding carboxylic acids is 3. The molecule has 1 fully saturated rings. The summed E-state index contributed by atoms with van der Waals surface area (Å²) >= 11 is 0.